The number of carbonyl (C=O) groups is 1. The minimum atomic E-state index is -0.624. The quantitative estimate of drug-likeness (QED) is 0.669. The number of H-pyrrole nitrogens is 1. The molecule has 3 aromatic rings. The minimum Gasteiger partial charge on any atom is -0.495 e. The number of ether oxygens (including phenoxy) is 2. The number of hydrogen-bond donors (Lipinski definition) is 2. The second kappa shape index (κ2) is 7.52. The van der Waals surface area contributed by atoms with Crippen molar-refractivity contribution in [1.82, 2.24) is 9.97 Å². The topological polar surface area (TPSA) is 93.3 Å². The summed E-state index contributed by atoms with van der Waals surface area (Å²) in [5, 5.41) is 3.33. The van der Waals surface area contributed by atoms with Crippen LogP contribution in [-0.4, -0.2) is 28.8 Å². The number of halogens is 1. The number of benzene rings is 1. The molecule has 1 aromatic carbocycles. The second-order valence-electron chi connectivity index (χ2n) is 7.09. The van der Waals surface area contributed by atoms with Gasteiger partial charge in [-0.25, -0.2) is 9.78 Å². The molecule has 0 saturated carbocycles. The summed E-state index contributed by atoms with van der Waals surface area (Å²) in [5.74, 6) is 0.750. The number of rotatable bonds is 3. The Balaban J connectivity index is 2.00. The first-order valence-electron chi connectivity index (χ1n) is 8.55. The molecule has 0 aliphatic carbocycles. The van der Waals surface area contributed by atoms with Gasteiger partial charge >= 0.3 is 6.09 Å². The monoisotopic (exact) mass is 401 g/mol. The van der Waals surface area contributed by atoms with Gasteiger partial charge in [-0.15, -0.1) is 0 Å². The van der Waals surface area contributed by atoms with Crippen molar-refractivity contribution in [2.75, 3.05) is 12.4 Å². The first-order chi connectivity index (χ1) is 13.2. The highest BCUT2D eigenvalue weighted by Gasteiger charge is 2.17. The Hall–Kier alpha value is -3.06. The van der Waals surface area contributed by atoms with Gasteiger partial charge in [-0.3, -0.25) is 10.1 Å². The van der Waals surface area contributed by atoms with Crippen LogP contribution in [0.3, 0.4) is 0 Å². The molecule has 3 rings (SSSR count). The molecule has 0 unspecified atom stereocenters. The van der Waals surface area contributed by atoms with Crippen molar-refractivity contribution in [3.63, 3.8) is 0 Å². The van der Waals surface area contributed by atoms with E-state index in [0.29, 0.717) is 38.9 Å². The average Bonchev–Trinajstić information content (AvgIpc) is 2.61. The number of methoxy groups -OCH3 is 1. The van der Waals surface area contributed by atoms with Crippen LogP contribution in [0, 0.1) is 0 Å². The van der Waals surface area contributed by atoms with E-state index in [0.717, 1.165) is 0 Å². The molecule has 0 aliphatic heterocycles. The largest absolute Gasteiger partial charge is 0.495 e. The highest BCUT2D eigenvalue weighted by Crippen LogP contribution is 2.31. The molecule has 1 amide bonds. The van der Waals surface area contributed by atoms with Gasteiger partial charge in [0.25, 0.3) is 0 Å². The Bertz CT molecular complexity index is 1100. The first kappa shape index (κ1) is 19.7. The van der Waals surface area contributed by atoms with Gasteiger partial charge in [0.2, 0.25) is 0 Å². The van der Waals surface area contributed by atoms with Crippen molar-refractivity contribution in [2.45, 2.75) is 26.4 Å². The first-order valence-corrected chi connectivity index (χ1v) is 8.93. The summed E-state index contributed by atoms with van der Waals surface area (Å²) in [6, 6.07) is 9.78. The van der Waals surface area contributed by atoms with Crippen LogP contribution in [0.15, 0.2) is 41.2 Å². The summed E-state index contributed by atoms with van der Waals surface area (Å²) in [7, 11) is 1.50. The third kappa shape index (κ3) is 4.26. The Kier molecular flexibility index (Phi) is 5.29. The lowest BCUT2D eigenvalue weighted by molar-refractivity contribution is 0.0635. The van der Waals surface area contributed by atoms with Gasteiger partial charge in [0, 0.05) is 11.5 Å². The molecule has 0 fully saturated rings. The summed E-state index contributed by atoms with van der Waals surface area (Å²) in [6.07, 6.45) is -0.614. The smallest absolute Gasteiger partial charge is 0.413 e. The number of fused-ring (bicyclic) bond motifs is 1. The van der Waals surface area contributed by atoms with E-state index in [1.165, 1.54) is 13.2 Å². The van der Waals surface area contributed by atoms with E-state index in [4.69, 9.17) is 21.1 Å². The molecule has 2 aromatic heterocycles. The number of nitrogens with one attached hydrogen (secondary N) is 2. The van der Waals surface area contributed by atoms with Gasteiger partial charge in [0.05, 0.1) is 24.0 Å². The van der Waals surface area contributed by atoms with Crippen LogP contribution in [0.5, 0.6) is 5.75 Å². The van der Waals surface area contributed by atoms with Crippen LogP contribution in [0.25, 0.3) is 22.3 Å². The van der Waals surface area contributed by atoms with Crippen molar-refractivity contribution in [1.29, 1.82) is 0 Å². The van der Waals surface area contributed by atoms with Crippen molar-refractivity contribution in [2.24, 2.45) is 0 Å². The summed E-state index contributed by atoms with van der Waals surface area (Å²) in [4.78, 5) is 32.0. The Labute approximate surface area is 166 Å². The number of hydrogen-bond acceptors (Lipinski definition) is 5. The minimum absolute atomic E-state index is 0.208. The summed E-state index contributed by atoms with van der Waals surface area (Å²) >= 11 is 6.35. The van der Waals surface area contributed by atoms with E-state index in [-0.39, 0.29) is 5.43 Å². The van der Waals surface area contributed by atoms with E-state index in [9.17, 15) is 9.59 Å². The lowest BCUT2D eigenvalue weighted by Gasteiger charge is -2.19. The number of amides is 1. The number of anilines is 1. The van der Waals surface area contributed by atoms with Crippen LogP contribution in [0.4, 0.5) is 10.6 Å². The molecular formula is C20H20ClN3O4. The summed E-state index contributed by atoms with van der Waals surface area (Å²) < 4.78 is 10.4. The van der Waals surface area contributed by atoms with Crippen molar-refractivity contribution >= 4 is 34.4 Å². The molecule has 0 radical (unpaired) electrons. The summed E-state index contributed by atoms with van der Waals surface area (Å²) in [6.45, 7) is 5.32. The molecule has 7 nitrogen and oxygen atoms in total. The standard InChI is InChI=1S/C20H20ClN3O4/c1-20(2,3)28-19(26)24-16-7-5-6-12(22-16)13-10-14(25)11-8-9-15(27-4)17(21)18(11)23-13/h5-10H,1-4H3,(H,23,25)(H,22,24,26). The molecule has 2 heterocycles. The Morgan fingerprint density at radius 3 is 2.64 bits per heavy atom. The van der Waals surface area contributed by atoms with E-state index in [1.807, 2.05) is 0 Å². The predicted molar refractivity (Wildman–Crippen MR) is 109 cm³/mol. The van der Waals surface area contributed by atoms with E-state index in [2.05, 4.69) is 15.3 Å². The van der Waals surface area contributed by atoms with Crippen LogP contribution in [0.1, 0.15) is 20.8 Å². The lowest BCUT2D eigenvalue weighted by Crippen LogP contribution is -2.27. The zero-order valence-corrected chi connectivity index (χ0v) is 16.7. The number of pyridine rings is 2. The molecule has 0 bridgehead atoms. The molecule has 8 heteroatoms. The van der Waals surface area contributed by atoms with Crippen LogP contribution in [-0.2, 0) is 4.74 Å². The third-order valence-corrected chi connectivity index (χ3v) is 4.16. The third-order valence-electron chi connectivity index (χ3n) is 3.78. The number of nitrogens with zero attached hydrogens (tertiary/aromatic N) is 1. The molecule has 0 saturated heterocycles. The maximum atomic E-state index is 12.5. The normalized spacial score (nSPS) is 11.3. The zero-order chi connectivity index (χ0) is 20.5. The Morgan fingerprint density at radius 1 is 1.21 bits per heavy atom. The van der Waals surface area contributed by atoms with Crippen molar-refractivity contribution < 1.29 is 14.3 Å². The predicted octanol–water partition coefficient (Wildman–Crippen LogP) is 4.60. The van der Waals surface area contributed by atoms with Gasteiger partial charge in [-0.2, -0.15) is 0 Å². The molecule has 0 spiro atoms. The maximum Gasteiger partial charge on any atom is 0.413 e. The van der Waals surface area contributed by atoms with E-state index >= 15 is 0 Å². The van der Waals surface area contributed by atoms with Crippen LogP contribution < -0.4 is 15.5 Å². The lowest BCUT2D eigenvalue weighted by atomic mass is 10.1. The average molecular weight is 402 g/mol. The molecule has 28 heavy (non-hydrogen) atoms. The molecular weight excluding hydrogens is 382 g/mol. The fraction of sp³-hybridized carbons (Fsp3) is 0.250. The van der Waals surface area contributed by atoms with Crippen LogP contribution >= 0.6 is 11.6 Å². The van der Waals surface area contributed by atoms with Crippen molar-refractivity contribution in [3.8, 4) is 17.1 Å². The van der Waals surface area contributed by atoms with Gasteiger partial charge < -0.3 is 14.5 Å². The molecule has 2 N–H and O–H groups in total. The fourth-order valence-electron chi connectivity index (χ4n) is 2.62. The molecule has 146 valence electrons. The molecule has 0 aliphatic rings. The van der Waals surface area contributed by atoms with Crippen LogP contribution in [0.2, 0.25) is 5.02 Å². The van der Waals surface area contributed by atoms with Gasteiger partial charge in [-0.05, 0) is 45.0 Å². The summed E-state index contributed by atoms with van der Waals surface area (Å²) in [5.41, 5.74) is 0.546. The number of carbonyl (C=O) groups excluding carboxylic acids is 1. The highest BCUT2D eigenvalue weighted by atomic mass is 35.5. The highest BCUT2D eigenvalue weighted by molar-refractivity contribution is 6.36. The molecule has 0 atom stereocenters. The van der Waals surface area contributed by atoms with Gasteiger partial charge in [0.15, 0.2) is 5.43 Å². The second-order valence-corrected chi connectivity index (χ2v) is 7.46. The van der Waals surface area contributed by atoms with E-state index < -0.39 is 11.7 Å². The fourth-order valence-corrected chi connectivity index (χ4v) is 2.91. The number of aromatic nitrogens is 2. The SMILES string of the molecule is COc1ccc2c(=O)cc(-c3cccc(NC(=O)OC(C)(C)C)n3)[nH]c2c1Cl. The Morgan fingerprint density at radius 2 is 1.96 bits per heavy atom. The van der Waals surface area contributed by atoms with Gasteiger partial charge in [-0.1, -0.05) is 17.7 Å². The zero-order valence-electron chi connectivity index (χ0n) is 15.9. The van der Waals surface area contributed by atoms with E-state index in [1.54, 1.807) is 51.1 Å². The number of aromatic amines is 1. The van der Waals surface area contributed by atoms with Gasteiger partial charge in [0.1, 0.15) is 22.2 Å². The maximum absolute atomic E-state index is 12.5. The van der Waals surface area contributed by atoms with Crippen molar-refractivity contribution in [3.05, 3.63) is 51.6 Å².